The number of carbonyl (C=O) groups is 3. The summed E-state index contributed by atoms with van der Waals surface area (Å²) >= 11 is 0. The quantitative estimate of drug-likeness (QED) is 0.383. The minimum atomic E-state index is -0.355. The van der Waals surface area contributed by atoms with E-state index in [2.05, 4.69) is 10.6 Å². The Morgan fingerprint density at radius 3 is 2.62 bits per heavy atom. The van der Waals surface area contributed by atoms with Crippen molar-refractivity contribution in [2.75, 3.05) is 37.0 Å². The Balaban J connectivity index is 1.28. The molecule has 3 amide bonds. The second-order valence-electron chi connectivity index (χ2n) is 8.89. The SMILES string of the molecule is COc1ccc2c(c1)CCN(C1CCB(C(=O)CNC(=O)c3ccc(N)c(N)c3)CC1)C(=O)N2. The molecule has 0 aliphatic carbocycles. The molecule has 0 radical (unpaired) electrons. The minimum Gasteiger partial charge on any atom is -0.497 e. The van der Waals surface area contributed by atoms with Crippen LogP contribution in [0, 0.1) is 0 Å². The summed E-state index contributed by atoms with van der Waals surface area (Å²) in [5.41, 5.74) is 14.4. The number of amides is 3. The fourth-order valence-electron chi connectivity index (χ4n) is 4.74. The number of carbonyl (C=O) groups excluding carboxylic acids is 3. The number of nitrogens with two attached hydrogens (primary N) is 2. The Morgan fingerprint density at radius 2 is 1.91 bits per heavy atom. The summed E-state index contributed by atoms with van der Waals surface area (Å²) in [5, 5.41) is 5.69. The van der Waals surface area contributed by atoms with Gasteiger partial charge >= 0.3 is 6.03 Å². The number of nitrogen functional groups attached to an aromatic ring is 2. The molecule has 2 aliphatic heterocycles. The average molecular weight is 463 g/mol. The van der Waals surface area contributed by atoms with Crippen LogP contribution >= 0.6 is 0 Å². The molecule has 34 heavy (non-hydrogen) atoms. The molecule has 0 unspecified atom stereocenters. The van der Waals surface area contributed by atoms with E-state index in [9.17, 15) is 14.4 Å². The number of ether oxygens (including phenoxy) is 1. The normalized spacial score (nSPS) is 16.3. The highest BCUT2D eigenvalue weighted by molar-refractivity contribution is 6.90. The van der Waals surface area contributed by atoms with Crippen molar-refractivity contribution in [1.29, 1.82) is 0 Å². The Hall–Kier alpha value is -3.69. The van der Waals surface area contributed by atoms with E-state index in [-0.39, 0.29) is 36.9 Å². The maximum absolute atomic E-state index is 12.9. The van der Waals surface area contributed by atoms with Gasteiger partial charge in [-0.15, -0.1) is 0 Å². The molecule has 2 heterocycles. The first kappa shape index (κ1) is 23.5. The van der Waals surface area contributed by atoms with Gasteiger partial charge in [-0.1, -0.05) is 12.6 Å². The highest BCUT2D eigenvalue weighted by Crippen LogP contribution is 2.30. The van der Waals surface area contributed by atoms with E-state index in [0.29, 0.717) is 36.1 Å². The molecular formula is C24H30BN5O4. The van der Waals surface area contributed by atoms with Crippen LogP contribution in [0.1, 0.15) is 28.8 Å². The van der Waals surface area contributed by atoms with E-state index in [1.54, 1.807) is 19.2 Å². The van der Waals surface area contributed by atoms with Crippen molar-refractivity contribution in [2.45, 2.75) is 37.9 Å². The number of hydrogen-bond acceptors (Lipinski definition) is 6. The van der Waals surface area contributed by atoms with Gasteiger partial charge in [0.05, 0.1) is 25.0 Å². The van der Waals surface area contributed by atoms with E-state index in [0.717, 1.165) is 36.3 Å². The summed E-state index contributed by atoms with van der Waals surface area (Å²) in [4.78, 5) is 39.8. The third kappa shape index (κ3) is 5.11. The van der Waals surface area contributed by atoms with Gasteiger partial charge in [0.1, 0.15) is 11.4 Å². The Labute approximate surface area is 199 Å². The van der Waals surface area contributed by atoms with Gasteiger partial charge in [0.2, 0.25) is 6.71 Å². The maximum atomic E-state index is 12.9. The molecule has 178 valence electrons. The molecule has 0 aromatic heterocycles. The van der Waals surface area contributed by atoms with Crippen molar-refractivity contribution in [3.8, 4) is 5.75 Å². The van der Waals surface area contributed by atoms with Crippen molar-refractivity contribution in [3.05, 3.63) is 47.5 Å². The molecule has 9 nitrogen and oxygen atoms in total. The summed E-state index contributed by atoms with van der Waals surface area (Å²) in [5.74, 6) is 0.415. The van der Waals surface area contributed by atoms with Gasteiger partial charge in [-0.25, -0.2) is 4.79 Å². The van der Waals surface area contributed by atoms with Gasteiger partial charge in [-0.3, -0.25) is 4.79 Å². The average Bonchev–Trinajstić information content (AvgIpc) is 3.01. The lowest BCUT2D eigenvalue weighted by Crippen LogP contribution is -2.47. The summed E-state index contributed by atoms with van der Waals surface area (Å²) in [6.07, 6.45) is 3.64. The summed E-state index contributed by atoms with van der Waals surface area (Å²) in [7, 11) is 1.63. The van der Waals surface area contributed by atoms with Gasteiger partial charge in [0, 0.05) is 23.8 Å². The zero-order valence-electron chi connectivity index (χ0n) is 19.3. The van der Waals surface area contributed by atoms with Crippen molar-refractivity contribution in [3.63, 3.8) is 0 Å². The summed E-state index contributed by atoms with van der Waals surface area (Å²) in [6, 6.07) is 10.3. The Kier molecular flexibility index (Phi) is 6.95. The Morgan fingerprint density at radius 1 is 1.15 bits per heavy atom. The van der Waals surface area contributed by atoms with Crippen molar-refractivity contribution < 1.29 is 19.1 Å². The zero-order valence-corrected chi connectivity index (χ0v) is 19.3. The summed E-state index contributed by atoms with van der Waals surface area (Å²) in [6.45, 7) is 0.472. The second-order valence-corrected chi connectivity index (χ2v) is 8.89. The smallest absolute Gasteiger partial charge is 0.322 e. The molecule has 6 N–H and O–H groups in total. The molecule has 2 aromatic carbocycles. The van der Waals surface area contributed by atoms with Crippen LogP contribution in [0.25, 0.3) is 0 Å². The number of nitrogens with one attached hydrogen (secondary N) is 2. The number of hydrogen-bond donors (Lipinski definition) is 4. The van der Waals surface area contributed by atoms with E-state index in [1.807, 2.05) is 23.1 Å². The molecule has 4 rings (SSSR count). The van der Waals surface area contributed by atoms with E-state index in [4.69, 9.17) is 16.2 Å². The van der Waals surface area contributed by atoms with Gasteiger partial charge in [-0.2, -0.15) is 0 Å². The van der Waals surface area contributed by atoms with E-state index < -0.39 is 0 Å². The van der Waals surface area contributed by atoms with Gasteiger partial charge < -0.3 is 36.5 Å². The van der Waals surface area contributed by atoms with E-state index >= 15 is 0 Å². The number of fused-ring (bicyclic) bond motifs is 1. The fourth-order valence-corrected chi connectivity index (χ4v) is 4.74. The van der Waals surface area contributed by atoms with Crippen LogP contribution < -0.4 is 26.8 Å². The predicted molar refractivity (Wildman–Crippen MR) is 133 cm³/mol. The van der Waals surface area contributed by atoms with Crippen LogP contribution in [0.5, 0.6) is 5.75 Å². The van der Waals surface area contributed by atoms with Crippen molar-refractivity contribution >= 4 is 41.4 Å². The number of methoxy groups -OCH3 is 1. The lowest BCUT2D eigenvalue weighted by atomic mass is 9.38. The van der Waals surface area contributed by atoms with Gasteiger partial charge in [-0.05, 0) is 61.2 Å². The highest BCUT2D eigenvalue weighted by atomic mass is 16.5. The van der Waals surface area contributed by atoms with Crippen molar-refractivity contribution in [2.24, 2.45) is 0 Å². The molecule has 0 atom stereocenters. The van der Waals surface area contributed by atoms with Crippen LogP contribution in [0.15, 0.2) is 36.4 Å². The van der Waals surface area contributed by atoms with Crippen LogP contribution in [-0.4, -0.2) is 55.5 Å². The highest BCUT2D eigenvalue weighted by Gasteiger charge is 2.34. The first-order valence-corrected chi connectivity index (χ1v) is 11.6. The third-order valence-corrected chi connectivity index (χ3v) is 6.80. The number of anilines is 3. The monoisotopic (exact) mass is 463 g/mol. The topological polar surface area (TPSA) is 140 Å². The molecule has 2 aliphatic rings. The molecule has 1 saturated heterocycles. The standard InChI is InChI=1S/C24H30BN5O4/c1-34-18-3-5-21-15(12-18)8-11-30(24(33)29-21)17-6-9-25(10-7-17)22(31)14-28-23(32)16-2-4-19(26)20(27)13-16/h2-5,12-13,17H,6-11,14,26-27H2,1H3,(H,28,32)(H,29,33). The van der Waals surface area contributed by atoms with E-state index in [1.165, 1.54) is 6.07 Å². The number of rotatable bonds is 6. The molecule has 10 heteroatoms. The molecule has 0 bridgehead atoms. The molecule has 0 saturated carbocycles. The largest absolute Gasteiger partial charge is 0.497 e. The first-order chi connectivity index (χ1) is 16.4. The maximum Gasteiger partial charge on any atom is 0.322 e. The third-order valence-electron chi connectivity index (χ3n) is 6.80. The fraction of sp³-hybridized carbons (Fsp3) is 0.375. The lowest BCUT2D eigenvalue weighted by Gasteiger charge is -2.35. The van der Waals surface area contributed by atoms with Gasteiger partial charge in [0.15, 0.2) is 0 Å². The van der Waals surface area contributed by atoms with Crippen LogP contribution in [0.2, 0.25) is 12.6 Å². The predicted octanol–water partition coefficient (Wildman–Crippen LogP) is 2.45. The zero-order chi connectivity index (χ0) is 24.2. The number of urea groups is 1. The van der Waals surface area contributed by atoms with Crippen LogP contribution in [0.3, 0.4) is 0 Å². The Bertz CT molecular complexity index is 1100. The second kappa shape index (κ2) is 10.1. The van der Waals surface area contributed by atoms with Crippen LogP contribution in [-0.2, 0) is 11.2 Å². The summed E-state index contributed by atoms with van der Waals surface area (Å²) < 4.78 is 5.30. The molecule has 2 aromatic rings. The van der Waals surface area contributed by atoms with Crippen LogP contribution in [0.4, 0.5) is 21.9 Å². The minimum absolute atomic E-state index is 0.00929. The van der Waals surface area contributed by atoms with Gasteiger partial charge in [0.25, 0.3) is 5.91 Å². The number of benzene rings is 2. The molecule has 0 spiro atoms. The van der Waals surface area contributed by atoms with Crippen molar-refractivity contribution in [1.82, 2.24) is 10.2 Å². The number of nitrogens with zero attached hydrogens (tertiary/aromatic N) is 1. The lowest BCUT2D eigenvalue weighted by molar-refractivity contribution is -0.111. The first-order valence-electron chi connectivity index (χ1n) is 11.6. The molecular weight excluding hydrogens is 433 g/mol. The molecule has 1 fully saturated rings.